The predicted molar refractivity (Wildman–Crippen MR) is 45.8 cm³/mol. The molecule has 1 rings (SSSR count). The molecule has 0 heterocycles. The Morgan fingerprint density at radius 2 is 2.42 bits per heavy atom. The quantitative estimate of drug-likeness (QED) is 0.611. The number of nitrogens with one attached hydrogen (secondary N) is 1. The van der Waals surface area contributed by atoms with E-state index in [0.29, 0.717) is 6.54 Å². The number of alkyl carbamates (subject to hydrolysis) is 1. The fourth-order valence-corrected chi connectivity index (χ4v) is 0.872. The van der Waals surface area contributed by atoms with Crippen LogP contribution in [0.3, 0.4) is 0 Å². The summed E-state index contributed by atoms with van der Waals surface area (Å²) in [6, 6.07) is 0.0712. The molecule has 1 saturated carbocycles. The zero-order valence-electron chi connectivity index (χ0n) is 7.38. The minimum atomic E-state index is -0.332. The van der Waals surface area contributed by atoms with Gasteiger partial charge in [-0.15, -0.1) is 0 Å². The Morgan fingerprint density at radius 3 is 2.92 bits per heavy atom. The summed E-state index contributed by atoms with van der Waals surface area (Å²) in [5, 5.41) is 2.66. The minimum absolute atomic E-state index is 0.0355. The number of nitrogens with two attached hydrogens (primary N) is 1. The number of unbranched alkanes of at least 4 members (excludes halogenated alkanes) is 1. The molecule has 0 saturated heterocycles. The van der Waals surface area contributed by atoms with Gasteiger partial charge in [0.15, 0.2) is 0 Å². The van der Waals surface area contributed by atoms with Gasteiger partial charge < -0.3 is 15.8 Å². The number of carbonyl (C=O) groups is 1. The Kier molecular flexibility index (Phi) is 3.34. The molecule has 3 N–H and O–H groups in total. The smallest absolute Gasteiger partial charge is 0.407 e. The molecule has 4 nitrogen and oxygen atoms in total. The maximum atomic E-state index is 10.9. The first kappa shape index (κ1) is 9.32. The van der Waals surface area contributed by atoms with E-state index in [-0.39, 0.29) is 18.2 Å². The lowest BCUT2D eigenvalue weighted by Gasteiger charge is -2.04. The summed E-state index contributed by atoms with van der Waals surface area (Å²) in [5.41, 5.74) is 5.46. The van der Waals surface area contributed by atoms with E-state index >= 15 is 0 Å². The lowest BCUT2D eigenvalue weighted by atomic mass is 10.3. The number of rotatable bonds is 4. The van der Waals surface area contributed by atoms with Crippen LogP contribution in [0.2, 0.25) is 0 Å². The molecule has 0 aromatic rings. The van der Waals surface area contributed by atoms with Gasteiger partial charge >= 0.3 is 6.09 Å². The zero-order chi connectivity index (χ0) is 8.97. The third-order valence-corrected chi connectivity index (χ3v) is 1.84. The van der Waals surface area contributed by atoms with Crippen LogP contribution in [0.1, 0.15) is 26.2 Å². The van der Waals surface area contributed by atoms with Gasteiger partial charge in [0, 0.05) is 19.0 Å². The predicted octanol–water partition coefficient (Wildman–Crippen LogP) is 0.612. The molecular formula is C8H16N2O2. The highest BCUT2D eigenvalue weighted by Crippen LogP contribution is 2.22. The van der Waals surface area contributed by atoms with Crippen LogP contribution in [-0.4, -0.2) is 24.8 Å². The molecule has 0 aromatic heterocycles. The summed E-state index contributed by atoms with van der Waals surface area (Å²) < 4.78 is 4.95. The summed E-state index contributed by atoms with van der Waals surface area (Å²) in [5.74, 6) is 0. The molecule has 70 valence electrons. The van der Waals surface area contributed by atoms with Gasteiger partial charge in [0.05, 0.1) is 0 Å². The average Bonchev–Trinajstić information content (AvgIpc) is 2.67. The number of hydrogen-bond acceptors (Lipinski definition) is 3. The molecule has 0 aromatic carbocycles. The van der Waals surface area contributed by atoms with Gasteiger partial charge in [-0.2, -0.15) is 0 Å². The molecule has 4 heteroatoms. The highest BCUT2D eigenvalue weighted by atomic mass is 16.6. The Hall–Kier alpha value is -0.770. The zero-order valence-corrected chi connectivity index (χ0v) is 7.38. The van der Waals surface area contributed by atoms with Crippen molar-refractivity contribution in [1.29, 1.82) is 0 Å². The first-order valence-electron chi connectivity index (χ1n) is 4.44. The first-order chi connectivity index (χ1) is 5.74. The number of amides is 1. The van der Waals surface area contributed by atoms with Crippen LogP contribution in [0.5, 0.6) is 0 Å². The topological polar surface area (TPSA) is 64.3 Å². The molecule has 12 heavy (non-hydrogen) atoms. The third kappa shape index (κ3) is 3.09. The van der Waals surface area contributed by atoms with Crippen molar-refractivity contribution >= 4 is 6.09 Å². The van der Waals surface area contributed by atoms with Crippen LogP contribution in [-0.2, 0) is 4.74 Å². The highest BCUT2D eigenvalue weighted by molar-refractivity contribution is 5.67. The van der Waals surface area contributed by atoms with Crippen molar-refractivity contribution in [3.05, 3.63) is 0 Å². The van der Waals surface area contributed by atoms with E-state index in [1.807, 2.05) is 0 Å². The molecule has 1 fully saturated rings. The van der Waals surface area contributed by atoms with E-state index in [2.05, 4.69) is 12.2 Å². The summed E-state index contributed by atoms with van der Waals surface area (Å²) >= 11 is 0. The van der Waals surface area contributed by atoms with Crippen LogP contribution >= 0.6 is 0 Å². The van der Waals surface area contributed by atoms with Crippen LogP contribution in [0, 0.1) is 0 Å². The fourth-order valence-electron chi connectivity index (χ4n) is 0.872. The molecule has 2 atom stereocenters. The molecule has 1 aliphatic rings. The van der Waals surface area contributed by atoms with Crippen molar-refractivity contribution < 1.29 is 9.53 Å². The van der Waals surface area contributed by atoms with Gasteiger partial charge in [0.1, 0.15) is 6.10 Å². The molecule has 0 bridgehead atoms. The lowest BCUT2D eigenvalue weighted by molar-refractivity contribution is 0.137. The second-order valence-corrected chi connectivity index (χ2v) is 3.12. The molecule has 0 unspecified atom stereocenters. The fraction of sp³-hybridized carbons (Fsp3) is 0.875. The van der Waals surface area contributed by atoms with Gasteiger partial charge in [-0.05, 0) is 6.42 Å². The molecule has 1 aliphatic carbocycles. The van der Waals surface area contributed by atoms with Gasteiger partial charge in [-0.1, -0.05) is 13.3 Å². The summed E-state index contributed by atoms with van der Waals surface area (Å²) in [4.78, 5) is 10.9. The van der Waals surface area contributed by atoms with Crippen molar-refractivity contribution in [2.75, 3.05) is 6.54 Å². The number of ether oxygens (including phenoxy) is 1. The molecule has 0 aliphatic heterocycles. The first-order valence-corrected chi connectivity index (χ1v) is 4.44. The Bertz CT molecular complexity index is 161. The SMILES string of the molecule is CCCCNC(=O)O[C@@H]1C[C@H]1N. The van der Waals surface area contributed by atoms with Gasteiger partial charge in [0.25, 0.3) is 0 Å². The second kappa shape index (κ2) is 4.30. The van der Waals surface area contributed by atoms with Gasteiger partial charge in [-0.3, -0.25) is 0 Å². The Morgan fingerprint density at radius 1 is 1.75 bits per heavy atom. The van der Waals surface area contributed by atoms with E-state index in [0.717, 1.165) is 19.3 Å². The van der Waals surface area contributed by atoms with Crippen LogP contribution in [0.15, 0.2) is 0 Å². The third-order valence-electron chi connectivity index (χ3n) is 1.84. The monoisotopic (exact) mass is 172 g/mol. The molecule has 1 amide bonds. The van der Waals surface area contributed by atoms with E-state index in [1.54, 1.807) is 0 Å². The Labute approximate surface area is 72.5 Å². The molecule has 0 radical (unpaired) electrons. The molecular weight excluding hydrogens is 156 g/mol. The van der Waals surface area contributed by atoms with E-state index in [9.17, 15) is 4.79 Å². The van der Waals surface area contributed by atoms with Crippen LogP contribution in [0.4, 0.5) is 4.79 Å². The van der Waals surface area contributed by atoms with Crippen molar-refractivity contribution in [3.8, 4) is 0 Å². The minimum Gasteiger partial charge on any atom is -0.445 e. The van der Waals surface area contributed by atoms with Gasteiger partial charge in [0.2, 0.25) is 0 Å². The lowest BCUT2D eigenvalue weighted by Crippen LogP contribution is -2.27. The molecule has 0 spiro atoms. The summed E-state index contributed by atoms with van der Waals surface area (Å²) in [6.45, 7) is 2.76. The summed E-state index contributed by atoms with van der Waals surface area (Å²) in [6.07, 6.45) is 2.50. The van der Waals surface area contributed by atoms with Crippen molar-refractivity contribution in [3.63, 3.8) is 0 Å². The van der Waals surface area contributed by atoms with E-state index in [1.165, 1.54) is 0 Å². The normalized spacial score (nSPS) is 26.5. The number of carbonyl (C=O) groups excluding carboxylic acids is 1. The average molecular weight is 172 g/mol. The Balaban J connectivity index is 1.97. The van der Waals surface area contributed by atoms with Crippen LogP contribution in [0.25, 0.3) is 0 Å². The number of hydrogen-bond donors (Lipinski definition) is 2. The van der Waals surface area contributed by atoms with Crippen molar-refractivity contribution in [2.45, 2.75) is 38.3 Å². The van der Waals surface area contributed by atoms with Gasteiger partial charge in [-0.25, -0.2) is 4.79 Å². The maximum Gasteiger partial charge on any atom is 0.407 e. The standard InChI is InChI=1S/C8H16N2O2/c1-2-3-4-10-8(11)12-7-5-6(7)9/h6-7H,2-5,9H2,1H3,(H,10,11)/t6-,7-/m1/s1. The van der Waals surface area contributed by atoms with Crippen molar-refractivity contribution in [2.24, 2.45) is 5.73 Å². The van der Waals surface area contributed by atoms with E-state index < -0.39 is 0 Å². The largest absolute Gasteiger partial charge is 0.445 e. The van der Waals surface area contributed by atoms with E-state index in [4.69, 9.17) is 10.5 Å². The second-order valence-electron chi connectivity index (χ2n) is 3.12. The summed E-state index contributed by atoms with van der Waals surface area (Å²) in [7, 11) is 0. The highest BCUT2D eigenvalue weighted by Gasteiger charge is 2.37. The van der Waals surface area contributed by atoms with Crippen LogP contribution < -0.4 is 11.1 Å². The maximum absolute atomic E-state index is 10.9. The van der Waals surface area contributed by atoms with Crippen molar-refractivity contribution in [1.82, 2.24) is 5.32 Å².